The fraction of sp³-hybridized carbons (Fsp3) is 0.400. The molecule has 0 saturated carbocycles. The molecule has 9 nitrogen and oxygen atoms in total. The Morgan fingerprint density at radius 1 is 0.792 bits per heavy atom. The molecule has 0 saturated heterocycles. The summed E-state index contributed by atoms with van der Waals surface area (Å²) in [4.78, 5) is 28.4. The van der Waals surface area contributed by atoms with E-state index >= 15 is 0 Å². The molecule has 0 radical (unpaired) electrons. The van der Waals surface area contributed by atoms with Crippen LogP contribution in [0.4, 0.5) is 0 Å². The lowest BCUT2D eigenvalue weighted by Gasteiger charge is -2.24. The van der Waals surface area contributed by atoms with Crippen LogP contribution in [0, 0.1) is 5.41 Å². The van der Waals surface area contributed by atoms with Crippen molar-refractivity contribution in [3.63, 3.8) is 0 Å². The van der Waals surface area contributed by atoms with E-state index in [-0.39, 0.29) is 19.8 Å². The molecule has 3 amide bonds. The largest absolute Gasteiger partial charge is 0.396 e. The Morgan fingerprint density at radius 3 is 0.958 bits per heavy atom. The van der Waals surface area contributed by atoms with Crippen LogP contribution in [0.5, 0.6) is 0 Å². The molecule has 24 heavy (non-hydrogen) atoms. The molecule has 140 valence electrons. The Bertz CT molecular complexity index is 332. The molecule has 0 aliphatic heterocycles. The highest BCUT2D eigenvalue weighted by molar-refractivity contribution is 5.85. The first-order chi connectivity index (χ1) is 11.1. The first-order valence-corrected chi connectivity index (χ1v) is 6.64. The number of aliphatic hydroxyl groups excluding tert-OH is 3. The molecule has 0 aromatic rings. The minimum absolute atomic E-state index is 0.156. The van der Waals surface area contributed by atoms with Crippen LogP contribution in [0.3, 0.4) is 0 Å². The Labute approximate surface area is 142 Å². The van der Waals surface area contributed by atoms with Crippen LogP contribution >= 0.6 is 0 Å². The number of hydrogen-bond donors (Lipinski definition) is 6. The minimum atomic E-state index is -0.667. The van der Waals surface area contributed by atoms with E-state index in [1.165, 1.54) is 0 Å². The predicted molar refractivity (Wildman–Crippen MR) is 92.2 cm³/mol. The lowest BCUT2D eigenvalue weighted by molar-refractivity contribution is -0.114. The van der Waals surface area contributed by atoms with E-state index in [2.05, 4.69) is 36.9 Å². The zero-order chi connectivity index (χ0) is 20.2. The van der Waals surface area contributed by atoms with E-state index in [0.717, 1.165) is 18.2 Å². The highest BCUT2D eigenvalue weighted by atomic mass is 16.3. The van der Waals surface area contributed by atoms with Crippen LogP contribution in [-0.4, -0.2) is 52.9 Å². The third kappa shape index (κ3) is 27.8. The van der Waals surface area contributed by atoms with Gasteiger partial charge < -0.3 is 32.5 Å². The highest BCUT2D eigenvalue weighted by Gasteiger charge is 2.24. The van der Waals surface area contributed by atoms with Crippen molar-refractivity contribution in [3.8, 4) is 0 Å². The first-order valence-electron chi connectivity index (χ1n) is 6.64. The molecule has 9 N–H and O–H groups in total. The summed E-state index contributed by atoms with van der Waals surface area (Å²) in [5, 5.41) is 26.0. The smallest absolute Gasteiger partial charge is 0.240 e. The average Bonchev–Trinajstić information content (AvgIpc) is 2.59. The first kappa shape index (κ1) is 29.5. The van der Waals surface area contributed by atoms with Gasteiger partial charge in [-0.05, 0) is 24.6 Å². The van der Waals surface area contributed by atoms with Crippen molar-refractivity contribution in [2.45, 2.75) is 13.3 Å². The molecule has 0 fully saturated rings. The van der Waals surface area contributed by atoms with Gasteiger partial charge in [0.05, 0.1) is 19.8 Å². The van der Waals surface area contributed by atoms with Crippen molar-refractivity contribution in [3.05, 3.63) is 38.0 Å². The molecule has 0 aromatic heterocycles. The number of carbonyl (C=O) groups excluding carboxylic acids is 3. The van der Waals surface area contributed by atoms with Crippen LogP contribution in [-0.2, 0) is 14.4 Å². The maximum absolute atomic E-state index is 9.47. The van der Waals surface area contributed by atoms with Crippen molar-refractivity contribution in [1.82, 2.24) is 0 Å². The van der Waals surface area contributed by atoms with E-state index in [1.807, 2.05) is 6.92 Å². The summed E-state index contributed by atoms with van der Waals surface area (Å²) in [5.74, 6) is -1.44. The van der Waals surface area contributed by atoms with E-state index in [9.17, 15) is 14.4 Å². The molecule has 0 bridgehead atoms. The molecule has 0 unspecified atom stereocenters. The van der Waals surface area contributed by atoms with Gasteiger partial charge in [-0.1, -0.05) is 26.7 Å². The molecule has 0 aliphatic rings. The number of carbonyl (C=O) groups is 3. The summed E-state index contributed by atoms with van der Waals surface area (Å²) >= 11 is 0. The summed E-state index contributed by atoms with van der Waals surface area (Å²) in [5.41, 5.74) is 12.9. The third-order valence-corrected chi connectivity index (χ3v) is 2.36. The molecule has 0 aromatic carbocycles. The van der Waals surface area contributed by atoms with Crippen molar-refractivity contribution >= 4 is 17.7 Å². The van der Waals surface area contributed by atoms with Crippen molar-refractivity contribution in [2.75, 3.05) is 19.8 Å². The molecule has 0 aliphatic carbocycles. The maximum atomic E-state index is 9.47. The van der Waals surface area contributed by atoms with Gasteiger partial charge in [0.1, 0.15) is 0 Å². The zero-order valence-corrected chi connectivity index (χ0v) is 14.0. The van der Waals surface area contributed by atoms with E-state index < -0.39 is 23.1 Å². The number of rotatable bonds is 7. The van der Waals surface area contributed by atoms with Crippen LogP contribution in [0.15, 0.2) is 38.0 Å². The summed E-state index contributed by atoms with van der Waals surface area (Å²) in [6, 6.07) is 0. The molecular formula is C15H29N3O6. The minimum Gasteiger partial charge on any atom is -0.396 e. The Hall–Kier alpha value is -2.49. The topological polar surface area (TPSA) is 190 Å². The maximum Gasteiger partial charge on any atom is 0.240 e. The number of aliphatic hydroxyl groups is 3. The standard InChI is InChI=1S/C6H14O3.3C3H5NO/c1-2-6(3-7,4-8)5-9;3*1-2-3(4)5/h7-9H,2-5H2,1H3;3*2H,1H2,(H2,4,5). The second kappa shape index (κ2) is 20.5. The normalized spacial score (nSPS) is 8.50. The molecule has 0 atom stereocenters. The van der Waals surface area contributed by atoms with Gasteiger partial charge in [0.2, 0.25) is 17.7 Å². The molecule has 0 spiro atoms. The third-order valence-electron chi connectivity index (χ3n) is 2.36. The summed E-state index contributed by atoms with van der Waals surface area (Å²) in [6.07, 6.45) is 3.76. The highest BCUT2D eigenvalue weighted by Crippen LogP contribution is 2.18. The SMILES string of the molecule is C=CC(N)=O.C=CC(N)=O.C=CC(N)=O.CCC(CO)(CO)CO. The van der Waals surface area contributed by atoms with Crippen molar-refractivity contribution < 1.29 is 29.7 Å². The number of primary amides is 3. The number of hydrogen-bond acceptors (Lipinski definition) is 6. The van der Waals surface area contributed by atoms with Crippen LogP contribution in [0.25, 0.3) is 0 Å². The summed E-state index contributed by atoms with van der Waals surface area (Å²) in [7, 11) is 0. The second-order valence-electron chi connectivity index (χ2n) is 4.15. The van der Waals surface area contributed by atoms with Crippen LogP contribution in [0.1, 0.15) is 13.3 Å². The van der Waals surface area contributed by atoms with Crippen molar-refractivity contribution in [2.24, 2.45) is 22.6 Å². The quantitative estimate of drug-likeness (QED) is 0.298. The van der Waals surface area contributed by atoms with E-state index in [1.54, 1.807) is 0 Å². The van der Waals surface area contributed by atoms with Crippen LogP contribution in [0.2, 0.25) is 0 Å². The van der Waals surface area contributed by atoms with Gasteiger partial charge in [0.15, 0.2) is 0 Å². The van der Waals surface area contributed by atoms with Gasteiger partial charge in [-0.15, -0.1) is 0 Å². The Balaban J connectivity index is -0.000000116. The Kier molecular flexibility index (Phi) is 25.2. The van der Waals surface area contributed by atoms with Gasteiger partial charge in [0.25, 0.3) is 0 Å². The fourth-order valence-electron chi connectivity index (χ4n) is 0.485. The van der Waals surface area contributed by atoms with Gasteiger partial charge in [-0.2, -0.15) is 0 Å². The van der Waals surface area contributed by atoms with Gasteiger partial charge >= 0.3 is 0 Å². The van der Waals surface area contributed by atoms with Gasteiger partial charge in [0, 0.05) is 5.41 Å². The van der Waals surface area contributed by atoms with E-state index in [0.29, 0.717) is 6.42 Å². The van der Waals surface area contributed by atoms with Gasteiger partial charge in [-0.3, -0.25) is 14.4 Å². The van der Waals surface area contributed by atoms with Gasteiger partial charge in [-0.25, -0.2) is 0 Å². The Morgan fingerprint density at radius 2 is 0.958 bits per heavy atom. The molecule has 0 rings (SSSR count). The number of amides is 3. The van der Waals surface area contributed by atoms with E-state index in [4.69, 9.17) is 15.3 Å². The lowest BCUT2D eigenvalue weighted by Crippen LogP contribution is -2.32. The van der Waals surface area contributed by atoms with Crippen LogP contribution < -0.4 is 17.2 Å². The average molecular weight is 347 g/mol. The summed E-state index contributed by atoms with van der Waals surface area (Å²) < 4.78 is 0. The molecular weight excluding hydrogens is 318 g/mol. The van der Waals surface area contributed by atoms with Crippen molar-refractivity contribution in [1.29, 1.82) is 0 Å². The predicted octanol–water partition coefficient (Wildman–Crippen LogP) is -1.67. The zero-order valence-electron chi connectivity index (χ0n) is 14.0. The monoisotopic (exact) mass is 347 g/mol. The fourth-order valence-corrected chi connectivity index (χ4v) is 0.485. The lowest BCUT2D eigenvalue weighted by atomic mass is 9.88. The molecule has 0 heterocycles. The molecule has 9 heteroatoms. The second-order valence-corrected chi connectivity index (χ2v) is 4.15. The number of nitrogens with two attached hydrogens (primary N) is 3. The summed E-state index contributed by atoms with van der Waals surface area (Å²) in [6.45, 7) is 10.6.